The van der Waals surface area contributed by atoms with Crippen LogP contribution in [0.2, 0.25) is 0 Å². The molecular formula is C10H19NO2. The van der Waals surface area contributed by atoms with Crippen molar-refractivity contribution in [2.75, 3.05) is 13.6 Å². The normalized spacial score (nSPS) is 27.3. The lowest BCUT2D eigenvalue weighted by atomic mass is 9.79. The van der Waals surface area contributed by atoms with E-state index in [0.29, 0.717) is 6.04 Å². The number of unbranched alkanes of at least 4 members (excludes halogenated alkanes) is 1. The highest BCUT2D eigenvalue weighted by Crippen LogP contribution is 2.31. The van der Waals surface area contributed by atoms with Crippen molar-refractivity contribution in [3.05, 3.63) is 0 Å². The van der Waals surface area contributed by atoms with Crippen molar-refractivity contribution >= 4 is 5.97 Å². The number of carboxylic acids is 1. The summed E-state index contributed by atoms with van der Waals surface area (Å²) in [6.45, 7) is 3.28. The average Bonchev–Trinajstić information content (AvgIpc) is 1.97. The molecule has 1 aliphatic carbocycles. The van der Waals surface area contributed by atoms with Gasteiger partial charge < -0.3 is 10.0 Å². The molecule has 13 heavy (non-hydrogen) atoms. The van der Waals surface area contributed by atoms with Crippen LogP contribution in [-0.4, -0.2) is 35.6 Å². The van der Waals surface area contributed by atoms with Gasteiger partial charge in [0.05, 0.1) is 5.92 Å². The number of rotatable bonds is 5. The highest BCUT2D eigenvalue weighted by molar-refractivity contribution is 5.71. The second-order valence-electron chi connectivity index (χ2n) is 3.99. The third-order valence-corrected chi connectivity index (χ3v) is 2.95. The summed E-state index contributed by atoms with van der Waals surface area (Å²) in [7, 11) is 2.10. The van der Waals surface area contributed by atoms with Crippen LogP contribution in [0.25, 0.3) is 0 Å². The summed E-state index contributed by atoms with van der Waals surface area (Å²) >= 11 is 0. The molecule has 1 N–H and O–H groups in total. The van der Waals surface area contributed by atoms with E-state index in [0.717, 1.165) is 19.4 Å². The molecule has 3 nitrogen and oxygen atoms in total. The molecule has 76 valence electrons. The van der Waals surface area contributed by atoms with Crippen molar-refractivity contribution in [3.8, 4) is 0 Å². The molecule has 0 radical (unpaired) electrons. The van der Waals surface area contributed by atoms with Gasteiger partial charge in [-0.25, -0.2) is 0 Å². The average molecular weight is 185 g/mol. The lowest BCUT2D eigenvalue weighted by Crippen LogP contribution is -2.45. The fourth-order valence-electron chi connectivity index (χ4n) is 1.74. The summed E-state index contributed by atoms with van der Waals surface area (Å²) < 4.78 is 0. The van der Waals surface area contributed by atoms with Crippen LogP contribution >= 0.6 is 0 Å². The number of hydrogen-bond donors (Lipinski definition) is 1. The molecule has 0 amide bonds. The summed E-state index contributed by atoms with van der Waals surface area (Å²) in [5, 5.41) is 8.69. The van der Waals surface area contributed by atoms with E-state index < -0.39 is 5.97 Å². The van der Waals surface area contributed by atoms with Gasteiger partial charge in [-0.05, 0) is 32.9 Å². The molecule has 0 atom stereocenters. The SMILES string of the molecule is CCCCN(C)C1CC(C(=O)O)C1. The molecular weight excluding hydrogens is 166 g/mol. The maximum absolute atomic E-state index is 10.5. The summed E-state index contributed by atoms with van der Waals surface area (Å²) in [6, 6.07) is 0.521. The highest BCUT2D eigenvalue weighted by atomic mass is 16.4. The summed E-state index contributed by atoms with van der Waals surface area (Å²) in [5.74, 6) is -0.700. The predicted octanol–water partition coefficient (Wildman–Crippen LogP) is 1.58. The summed E-state index contributed by atoms with van der Waals surface area (Å²) in [6.07, 6.45) is 4.11. The number of nitrogens with zero attached hydrogens (tertiary/aromatic N) is 1. The first-order valence-electron chi connectivity index (χ1n) is 5.08. The number of carbonyl (C=O) groups is 1. The third kappa shape index (κ3) is 2.69. The van der Waals surface area contributed by atoms with Crippen LogP contribution in [0.15, 0.2) is 0 Å². The quantitative estimate of drug-likeness (QED) is 0.707. The van der Waals surface area contributed by atoms with Gasteiger partial charge in [-0.2, -0.15) is 0 Å². The van der Waals surface area contributed by atoms with Crippen molar-refractivity contribution in [3.63, 3.8) is 0 Å². The van der Waals surface area contributed by atoms with E-state index in [1.165, 1.54) is 12.8 Å². The van der Waals surface area contributed by atoms with Crippen LogP contribution in [-0.2, 0) is 4.79 Å². The third-order valence-electron chi connectivity index (χ3n) is 2.95. The van der Waals surface area contributed by atoms with E-state index in [1.54, 1.807) is 0 Å². The number of aliphatic carboxylic acids is 1. The van der Waals surface area contributed by atoms with Crippen LogP contribution in [0.3, 0.4) is 0 Å². The molecule has 0 aliphatic heterocycles. The number of hydrogen-bond acceptors (Lipinski definition) is 2. The Bertz CT molecular complexity index is 176. The van der Waals surface area contributed by atoms with Gasteiger partial charge in [-0.1, -0.05) is 13.3 Å². The van der Waals surface area contributed by atoms with Crippen molar-refractivity contribution in [2.24, 2.45) is 5.92 Å². The van der Waals surface area contributed by atoms with E-state index in [1.807, 2.05) is 0 Å². The van der Waals surface area contributed by atoms with Gasteiger partial charge in [0.25, 0.3) is 0 Å². The molecule has 1 saturated carbocycles. The van der Waals surface area contributed by atoms with Crippen molar-refractivity contribution < 1.29 is 9.90 Å². The predicted molar refractivity (Wildman–Crippen MR) is 51.7 cm³/mol. The molecule has 0 saturated heterocycles. The fraction of sp³-hybridized carbons (Fsp3) is 0.900. The first kappa shape index (κ1) is 10.5. The molecule has 0 bridgehead atoms. The lowest BCUT2D eigenvalue weighted by molar-refractivity contribution is -0.146. The Labute approximate surface area is 79.7 Å². The fourth-order valence-corrected chi connectivity index (χ4v) is 1.74. The Morgan fingerprint density at radius 3 is 2.62 bits per heavy atom. The minimum absolute atomic E-state index is 0.0749. The van der Waals surface area contributed by atoms with Gasteiger partial charge in [0.1, 0.15) is 0 Å². The second-order valence-corrected chi connectivity index (χ2v) is 3.99. The molecule has 0 aromatic rings. The first-order valence-corrected chi connectivity index (χ1v) is 5.08. The minimum atomic E-state index is -0.625. The smallest absolute Gasteiger partial charge is 0.306 e. The Morgan fingerprint density at radius 2 is 2.15 bits per heavy atom. The van der Waals surface area contributed by atoms with Crippen molar-refractivity contribution in [1.82, 2.24) is 4.90 Å². The summed E-state index contributed by atoms with van der Waals surface area (Å²) in [5.41, 5.74) is 0. The van der Waals surface area contributed by atoms with Gasteiger partial charge in [0.15, 0.2) is 0 Å². The Hall–Kier alpha value is -0.570. The van der Waals surface area contributed by atoms with Crippen molar-refractivity contribution in [1.29, 1.82) is 0 Å². The van der Waals surface area contributed by atoms with E-state index in [9.17, 15) is 4.79 Å². The largest absolute Gasteiger partial charge is 0.481 e. The van der Waals surface area contributed by atoms with Crippen molar-refractivity contribution in [2.45, 2.75) is 38.6 Å². The molecule has 0 spiro atoms. The van der Waals surface area contributed by atoms with Gasteiger partial charge in [0.2, 0.25) is 0 Å². The van der Waals surface area contributed by atoms with Gasteiger partial charge >= 0.3 is 5.97 Å². The molecule has 0 heterocycles. The zero-order valence-electron chi connectivity index (χ0n) is 8.49. The molecule has 1 aliphatic rings. The molecule has 0 aromatic carbocycles. The van der Waals surface area contributed by atoms with E-state index in [4.69, 9.17) is 5.11 Å². The van der Waals surface area contributed by atoms with Gasteiger partial charge in [0, 0.05) is 6.04 Å². The molecule has 1 fully saturated rings. The van der Waals surface area contributed by atoms with Crippen LogP contribution < -0.4 is 0 Å². The maximum Gasteiger partial charge on any atom is 0.306 e. The Kier molecular flexibility index (Phi) is 3.72. The number of carboxylic acid groups (broad SMARTS) is 1. The standard InChI is InChI=1S/C10H19NO2/c1-3-4-5-11(2)9-6-8(7-9)10(12)13/h8-9H,3-7H2,1-2H3,(H,12,13). The van der Waals surface area contributed by atoms with E-state index >= 15 is 0 Å². The first-order chi connectivity index (χ1) is 6.15. The molecule has 3 heteroatoms. The van der Waals surface area contributed by atoms with Crippen LogP contribution in [0.1, 0.15) is 32.6 Å². The van der Waals surface area contributed by atoms with Crippen LogP contribution in [0.4, 0.5) is 0 Å². The van der Waals surface area contributed by atoms with Gasteiger partial charge in [-0.3, -0.25) is 4.79 Å². The molecule has 1 rings (SSSR count). The monoisotopic (exact) mass is 185 g/mol. The zero-order valence-corrected chi connectivity index (χ0v) is 8.49. The zero-order chi connectivity index (χ0) is 9.84. The minimum Gasteiger partial charge on any atom is -0.481 e. The van der Waals surface area contributed by atoms with E-state index in [-0.39, 0.29) is 5.92 Å². The molecule has 0 aromatic heterocycles. The topological polar surface area (TPSA) is 40.5 Å². The maximum atomic E-state index is 10.5. The summed E-state index contributed by atoms with van der Waals surface area (Å²) in [4.78, 5) is 12.8. The van der Waals surface area contributed by atoms with Crippen LogP contribution in [0.5, 0.6) is 0 Å². The Morgan fingerprint density at radius 1 is 1.54 bits per heavy atom. The second kappa shape index (κ2) is 4.61. The van der Waals surface area contributed by atoms with Gasteiger partial charge in [-0.15, -0.1) is 0 Å². The lowest BCUT2D eigenvalue weighted by Gasteiger charge is -2.39. The van der Waals surface area contributed by atoms with E-state index in [2.05, 4.69) is 18.9 Å². The molecule has 0 unspecified atom stereocenters. The van der Waals surface area contributed by atoms with Crippen LogP contribution in [0, 0.1) is 5.92 Å². The Balaban J connectivity index is 2.15. The highest BCUT2D eigenvalue weighted by Gasteiger charge is 2.36.